The number of nitrogens with zero attached hydrogens (tertiary/aromatic N) is 2. The van der Waals surface area contributed by atoms with Gasteiger partial charge in [-0.25, -0.2) is 4.99 Å². The Labute approximate surface area is 214 Å². The van der Waals surface area contributed by atoms with Crippen molar-refractivity contribution >= 4 is 22.8 Å². The molecule has 0 saturated carbocycles. The molecule has 0 unspecified atom stereocenters. The van der Waals surface area contributed by atoms with Crippen molar-refractivity contribution in [3.05, 3.63) is 84.0 Å². The topological polar surface area (TPSA) is 24.7 Å². The number of hydrogen-bond acceptors (Lipinski definition) is 2. The van der Waals surface area contributed by atoms with Crippen molar-refractivity contribution in [2.45, 2.75) is 85.5 Å². The zero-order valence-corrected chi connectivity index (χ0v) is 22.2. The van der Waals surface area contributed by atoms with Gasteiger partial charge in [-0.1, -0.05) is 86.9 Å². The summed E-state index contributed by atoms with van der Waals surface area (Å²) in [6.45, 7) is 8.52. The van der Waals surface area contributed by atoms with E-state index in [2.05, 4.69) is 112 Å². The van der Waals surface area contributed by atoms with Crippen LogP contribution in [0.25, 0.3) is 0 Å². The number of unbranched alkanes of at least 4 members (excludes halogenated alkanes) is 2. The molecular weight excluding hydrogens is 424 g/mol. The summed E-state index contributed by atoms with van der Waals surface area (Å²) in [5, 5.41) is 0. The highest BCUT2D eigenvalue weighted by molar-refractivity contribution is 6.49. The van der Waals surface area contributed by atoms with Gasteiger partial charge in [-0.05, 0) is 88.0 Å². The Morgan fingerprint density at radius 2 is 1.34 bits per heavy atom. The Hall–Kier alpha value is -3.18. The van der Waals surface area contributed by atoms with Crippen LogP contribution in [0.3, 0.4) is 0 Å². The van der Waals surface area contributed by atoms with Gasteiger partial charge in [-0.2, -0.15) is 0 Å². The highest BCUT2D eigenvalue weighted by Crippen LogP contribution is 2.24. The molecule has 2 rings (SSSR count). The molecule has 2 heteroatoms. The van der Waals surface area contributed by atoms with E-state index >= 15 is 0 Å². The molecule has 0 bridgehead atoms. The number of hydrogen-bond donors (Lipinski definition) is 0. The minimum absolute atomic E-state index is 0.814. The number of aryl methyl sites for hydroxylation is 2. The third kappa shape index (κ3) is 10.3. The van der Waals surface area contributed by atoms with Crippen molar-refractivity contribution in [3.63, 3.8) is 0 Å². The van der Waals surface area contributed by atoms with E-state index in [4.69, 9.17) is 9.98 Å². The van der Waals surface area contributed by atoms with Crippen LogP contribution in [0, 0.1) is 11.8 Å². The molecule has 184 valence electrons. The van der Waals surface area contributed by atoms with Crippen molar-refractivity contribution in [1.29, 1.82) is 0 Å². The maximum absolute atomic E-state index is 5.20. The third-order valence-electron chi connectivity index (χ3n) is 5.73. The largest absolute Gasteiger partial charge is 0.250 e. The van der Waals surface area contributed by atoms with Gasteiger partial charge in [0.2, 0.25) is 0 Å². The minimum atomic E-state index is 0.814. The zero-order chi connectivity index (χ0) is 25.1. The molecule has 2 aromatic rings. The average molecular weight is 467 g/mol. The van der Waals surface area contributed by atoms with E-state index in [1.165, 1.54) is 11.1 Å². The van der Waals surface area contributed by atoms with E-state index in [0.717, 1.165) is 80.6 Å². The van der Waals surface area contributed by atoms with Gasteiger partial charge in [-0.3, -0.25) is 4.99 Å². The van der Waals surface area contributed by atoms with Gasteiger partial charge in [0.1, 0.15) is 5.71 Å². The lowest BCUT2D eigenvalue weighted by atomic mass is 10.0. The Balaban J connectivity index is 2.57. The van der Waals surface area contributed by atoms with E-state index in [1.54, 1.807) is 0 Å². The smallest absolute Gasteiger partial charge is 0.135 e. The first kappa shape index (κ1) is 28.1. The number of rotatable bonds is 13. The maximum atomic E-state index is 5.20. The summed E-state index contributed by atoms with van der Waals surface area (Å²) in [5.41, 5.74) is 6.37. The second kappa shape index (κ2) is 17.3. The quantitative estimate of drug-likeness (QED) is 0.159. The van der Waals surface area contributed by atoms with Crippen molar-refractivity contribution in [2.75, 3.05) is 0 Å². The third-order valence-corrected chi connectivity index (χ3v) is 5.73. The first-order chi connectivity index (χ1) is 17.2. The first-order valence-electron chi connectivity index (χ1n) is 13.3. The first-order valence-corrected chi connectivity index (χ1v) is 13.3. The van der Waals surface area contributed by atoms with Gasteiger partial charge in [0.25, 0.3) is 0 Å². The summed E-state index contributed by atoms with van der Waals surface area (Å²) in [6.07, 6.45) is 17.6. The van der Waals surface area contributed by atoms with Crippen LogP contribution in [0.15, 0.2) is 82.8 Å². The molecule has 0 aromatic heterocycles. The van der Waals surface area contributed by atoms with Gasteiger partial charge in [0.05, 0.1) is 17.1 Å². The van der Waals surface area contributed by atoms with Crippen LogP contribution in [0.5, 0.6) is 0 Å². The van der Waals surface area contributed by atoms with Crippen molar-refractivity contribution < 1.29 is 0 Å². The van der Waals surface area contributed by atoms with Crippen LogP contribution in [-0.4, -0.2) is 11.4 Å². The standard InChI is InChI=1S/C33H42N2/c1-5-9-13-20-28-22-16-18-25-30(28)34-32(24-12-8-4)33(27-15-11-7-3)35-31-26-19-17-23-29(31)21-14-10-6-2/h5-6,9-10,16-19,22-23,25-26H,7-8,11-14,20-21,24H2,1-4H3/b9-5+,10-6+,34-32?,35-33?. The van der Waals surface area contributed by atoms with Crippen LogP contribution in [-0.2, 0) is 12.8 Å². The van der Waals surface area contributed by atoms with Crippen LogP contribution in [0.2, 0.25) is 0 Å². The Morgan fingerprint density at radius 3 is 1.89 bits per heavy atom. The van der Waals surface area contributed by atoms with Gasteiger partial charge >= 0.3 is 0 Å². The predicted octanol–water partition coefficient (Wildman–Crippen LogP) is 9.54. The molecule has 2 aromatic carbocycles. The molecule has 0 fully saturated rings. The van der Waals surface area contributed by atoms with Crippen molar-refractivity contribution in [3.8, 4) is 11.8 Å². The predicted molar refractivity (Wildman–Crippen MR) is 156 cm³/mol. The molecule has 0 atom stereocenters. The number of para-hydroxylation sites is 2. The van der Waals surface area contributed by atoms with Crippen molar-refractivity contribution in [1.82, 2.24) is 0 Å². The van der Waals surface area contributed by atoms with Crippen LogP contribution >= 0.6 is 0 Å². The van der Waals surface area contributed by atoms with E-state index in [-0.39, 0.29) is 0 Å². The van der Waals surface area contributed by atoms with E-state index in [9.17, 15) is 0 Å². The van der Waals surface area contributed by atoms with Gasteiger partial charge in [0, 0.05) is 6.42 Å². The van der Waals surface area contributed by atoms with Crippen LogP contribution in [0.4, 0.5) is 11.4 Å². The molecule has 0 aliphatic rings. The van der Waals surface area contributed by atoms with E-state index < -0.39 is 0 Å². The molecule has 0 spiro atoms. The molecule has 35 heavy (non-hydrogen) atoms. The Kier molecular flexibility index (Phi) is 13.9. The van der Waals surface area contributed by atoms with E-state index in [1.807, 2.05) is 0 Å². The molecule has 0 heterocycles. The highest BCUT2D eigenvalue weighted by atomic mass is 14.8. The lowest BCUT2D eigenvalue weighted by Gasteiger charge is -2.10. The lowest BCUT2D eigenvalue weighted by Crippen LogP contribution is -2.13. The van der Waals surface area contributed by atoms with Crippen LogP contribution in [0.1, 0.15) is 83.8 Å². The molecular formula is C33H42N2. The summed E-state index contributed by atoms with van der Waals surface area (Å²) in [6, 6.07) is 16.9. The minimum Gasteiger partial charge on any atom is -0.250 e. The summed E-state index contributed by atoms with van der Waals surface area (Å²) in [7, 11) is 0. The zero-order valence-electron chi connectivity index (χ0n) is 22.2. The lowest BCUT2D eigenvalue weighted by molar-refractivity contribution is 0.838. The van der Waals surface area contributed by atoms with Crippen LogP contribution < -0.4 is 0 Å². The molecule has 0 N–H and O–H groups in total. The normalized spacial score (nSPS) is 12.3. The molecule has 0 aliphatic carbocycles. The number of benzene rings is 2. The Morgan fingerprint density at radius 1 is 0.771 bits per heavy atom. The maximum Gasteiger partial charge on any atom is 0.135 e. The fraction of sp³-hybridized carbons (Fsp3) is 0.394. The number of aliphatic imine (C=N–C) groups is 2. The Bertz CT molecular complexity index is 1070. The fourth-order valence-corrected chi connectivity index (χ4v) is 3.75. The second-order valence-corrected chi connectivity index (χ2v) is 8.65. The average Bonchev–Trinajstić information content (AvgIpc) is 2.88. The highest BCUT2D eigenvalue weighted by Gasteiger charge is 2.11. The summed E-state index contributed by atoms with van der Waals surface area (Å²) < 4.78 is 0. The van der Waals surface area contributed by atoms with Crippen molar-refractivity contribution in [2.24, 2.45) is 9.98 Å². The van der Waals surface area contributed by atoms with E-state index in [0.29, 0.717) is 0 Å². The second-order valence-electron chi connectivity index (χ2n) is 8.65. The SMILES string of the molecule is C/C=C/CCc1ccccc1N=C(C#CCCC)C(CCCC)=Nc1ccccc1CC/C=C/C. The van der Waals surface area contributed by atoms with Gasteiger partial charge in [-0.15, -0.1) is 0 Å². The fourth-order valence-electron chi connectivity index (χ4n) is 3.75. The molecule has 0 aliphatic heterocycles. The van der Waals surface area contributed by atoms with Gasteiger partial charge in [0.15, 0.2) is 0 Å². The van der Waals surface area contributed by atoms with Gasteiger partial charge < -0.3 is 0 Å². The monoisotopic (exact) mass is 466 g/mol. The molecule has 0 saturated heterocycles. The molecule has 0 radical (unpaired) electrons. The summed E-state index contributed by atoms with van der Waals surface area (Å²) >= 11 is 0. The molecule has 2 nitrogen and oxygen atoms in total. The number of allylic oxidation sites excluding steroid dienone is 4. The summed E-state index contributed by atoms with van der Waals surface area (Å²) in [4.78, 5) is 10.3. The summed E-state index contributed by atoms with van der Waals surface area (Å²) in [5.74, 6) is 6.75. The molecule has 0 amide bonds.